The van der Waals surface area contributed by atoms with Crippen LogP contribution in [0.5, 0.6) is 0 Å². The van der Waals surface area contributed by atoms with Gasteiger partial charge in [0.25, 0.3) is 0 Å². The van der Waals surface area contributed by atoms with Crippen molar-refractivity contribution in [3.05, 3.63) is 29.8 Å². The third-order valence-corrected chi connectivity index (χ3v) is 5.02. The van der Waals surface area contributed by atoms with Gasteiger partial charge in [-0.2, -0.15) is 11.8 Å². The summed E-state index contributed by atoms with van der Waals surface area (Å²) in [6.45, 7) is 0.718. The first-order valence-electron chi connectivity index (χ1n) is 6.96. The van der Waals surface area contributed by atoms with E-state index < -0.39 is 0 Å². The Morgan fingerprint density at radius 2 is 2.21 bits per heavy atom. The van der Waals surface area contributed by atoms with E-state index in [1.807, 2.05) is 30.0 Å². The van der Waals surface area contributed by atoms with E-state index in [4.69, 9.17) is 5.73 Å². The lowest BCUT2D eigenvalue weighted by Gasteiger charge is -2.25. The minimum atomic E-state index is 0.242. The van der Waals surface area contributed by atoms with E-state index in [1.165, 1.54) is 0 Å². The van der Waals surface area contributed by atoms with Crippen LogP contribution in [-0.2, 0) is 11.3 Å². The van der Waals surface area contributed by atoms with E-state index in [9.17, 15) is 4.79 Å². The molecule has 1 aliphatic carbocycles. The fourth-order valence-electron chi connectivity index (χ4n) is 2.63. The molecule has 1 aliphatic heterocycles. The first-order chi connectivity index (χ1) is 9.24. The summed E-state index contributed by atoms with van der Waals surface area (Å²) in [5.74, 6) is 2.73. The summed E-state index contributed by atoms with van der Waals surface area (Å²) in [5.41, 5.74) is 7.74. The number of carbonyl (C=O) groups is 1. The van der Waals surface area contributed by atoms with Crippen LogP contribution in [0.15, 0.2) is 24.3 Å². The highest BCUT2D eigenvalue weighted by atomic mass is 32.2. The van der Waals surface area contributed by atoms with Gasteiger partial charge < -0.3 is 10.6 Å². The highest BCUT2D eigenvalue weighted by Gasteiger charge is 2.36. The Labute approximate surface area is 118 Å². The predicted molar refractivity (Wildman–Crippen MR) is 79.9 cm³/mol. The summed E-state index contributed by atoms with van der Waals surface area (Å²) in [6, 6.07) is 8.36. The van der Waals surface area contributed by atoms with Gasteiger partial charge in [0.1, 0.15) is 0 Å². The standard InChI is InChI=1S/C15H20N2OS/c16-13-3-1-2-11(8-13)9-17(14-4-5-14)15(18)12-6-7-19-10-12/h1-3,8,12,14H,4-7,9-10,16H2. The van der Waals surface area contributed by atoms with Crippen molar-refractivity contribution in [2.45, 2.75) is 31.8 Å². The van der Waals surface area contributed by atoms with Gasteiger partial charge >= 0.3 is 0 Å². The number of benzene rings is 1. The minimum Gasteiger partial charge on any atom is -0.399 e. The normalized spacial score (nSPS) is 22.4. The van der Waals surface area contributed by atoms with Crippen molar-refractivity contribution in [3.8, 4) is 0 Å². The van der Waals surface area contributed by atoms with Crippen molar-refractivity contribution in [1.82, 2.24) is 4.90 Å². The average molecular weight is 276 g/mol. The van der Waals surface area contributed by atoms with Gasteiger partial charge in [0.05, 0.1) is 0 Å². The van der Waals surface area contributed by atoms with Crippen molar-refractivity contribution in [2.24, 2.45) is 5.92 Å². The van der Waals surface area contributed by atoms with Crippen LogP contribution in [0, 0.1) is 5.92 Å². The number of amides is 1. The monoisotopic (exact) mass is 276 g/mol. The number of rotatable bonds is 4. The van der Waals surface area contributed by atoms with E-state index in [-0.39, 0.29) is 5.92 Å². The summed E-state index contributed by atoms with van der Waals surface area (Å²) in [6.07, 6.45) is 3.37. The molecule has 102 valence electrons. The van der Waals surface area contributed by atoms with Crippen LogP contribution >= 0.6 is 11.8 Å². The average Bonchev–Trinajstić information content (AvgIpc) is 3.09. The molecule has 1 aromatic carbocycles. The zero-order valence-corrected chi connectivity index (χ0v) is 11.9. The van der Waals surface area contributed by atoms with E-state index >= 15 is 0 Å². The van der Waals surface area contributed by atoms with E-state index in [2.05, 4.69) is 11.0 Å². The lowest BCUT2D eigenvalue weighted by molar-refractivity contribution is -0.136. The molecule has 2 fully saturated rings. The molecule has 0 spiro atoms. The Hall–Kier alpha value is -1.16. The van der Waals surface area contributed by atoms with Crippen LogP contribution in [0.1, 0.15) is 24.8 Å². The largest absolute Gasteiger partial charge is 0.399 e. The molecule has 2 N–H and O–H groups in total. The van der Waals surface area contributed by atoms with Crippen LogP contribution in [-0.4, -0.2) is 28.4 Å². The third kappa shape index (κ3) is 3.06. The molecule has 3 nitrogen and oxygen atoms in total. The van der Waals surface area contributed by atoms with Crippen molar-refractivity contribution in [1.29, 1.82) is 0 Å². The molecular formula is C15H20N2OS. The van der Waals surface area contributed by atoms with E-state index in [1.54, 1.807) is 0 Å². The number of hydrogen-bond donors (Lipinski definition) is 1. The van der Waals surface area contributed by atoms with Gasteiger partial charge in [0, 0.05) is 29.9 Å². The minimum absolute atomic E-state index is 0.242. The molecule has 0 aromatic heterocycles. The Balaban J connectivity index is 1.72. The maximum absolute atomic E-state index is 12.6. The Bertz CT molecular complexity index is 467. The van der Waals surface area contributed by atoms with Gasteiger partial charge in [-0.25, -0.2) is 0 Å². The first kappa shape index (κ1) is 12.9. The molecule has 0 bridgehead atoms. The first-order valence-corrected chi connectivity index (χ1v) is 8.12. The second kappa shape index (κ2) is 5.45. The number of carbonyl (C=O) groups excluding carboxylic acids is 1. The van der Waals surface area contributed by atoms with Crippen LogP contribution in [0.3, 0.4) is 0 Å². The second-order valence-electron chi connectivity index (χ2n) is 5.50. The molecule has 19 heavy (non-hydrogen) atoms. The second-order valence-corrected chi connectivity index (χ2v) is 6.65. The van der Waals surface area contributed by atoms with Crippen LogP contribution in [0.25, 0.3) is 0 Å². The lowest BCUT2D eigenvalue weighted by atomic mass is 10.1. The predicted octanol–water partition coefficient (Wildman–Crippen LogP) is 2.51. The fraction of sp³-hybridized carbons (Fsp3) is 0.533. The van der Waals surface area contributed by atoms with Gasteiger partial charge in [-0.1, -0.05) is 12.1 Å². The molecular weight excluding hydrogens is 256 g/mol. The number of nitrogens with zero attached hydrogens (tertiary/aromatic N) is 1. The van der Waals surface area contributed by atoms with Gasteiger partial charge in [-0.05, 0) is 42.7 Å². The van der Waals surface area contributed by atoms with E-state index in [0.29, 0.717) is 11.9 Å². The molecule has 4 heteroatoms. The van der Waals surface area contributed by atoms with Crippen LogP contribution in [0.4, 0.5) is 5.69 Å². The molecule has 1 unspecified atom stereocenters. The molecule has 2 aliphatic rings. The highest BCUT2D eigenvalue weighted by molar-refractivity contribution is 7.99. The van der Waals surface area contributed by atoms with E-state index in [0.717, 1.165) is 48.6 Å². The molecule has 1 saturated carbocycles. The zero-order chi connectivity index (χ0) is 13.2. The summed E-state index contributed by atoms with van der Waals surface area (Å²) < 4.78 is 0. The van der Waals surface area contributed by atoms with Crippen LogP contribution < -0.4 is 5.73 Å². The van der Waals surface area contributed by atoms with Gasteiger partial charge in [-0.3, -0.25) is 4.79 Å². The SMILES string of the molecule is Nc1cccc(CN(C(=O)C2CCSC2)C2CC2)c1. The molecule has 1 amide bonds. The Morgan fingerprint density at radius 3 is 2.84 bits per heavy atom. The lowest BCUT2D eigenvalue weighted by Crippen LogP contribution is -2.37. The van der Waals surface area contributed by atoms with Crippen molar-refractivity contribution >= 4 is 23.4 Å². The maximum atomic E-state index is 12.6. The number of hydrogen-bond acceptors (Lipinski definition) is 3. The van der Waals surface area contributed by atoms with Crippen molar-refractivity contribution in [3.63, 3.8) is 0 Å². The Kier molecular flexibility index (Phi) is 3.69. The Morgan fingerprint density at radius 1 is 1.37 bits per heavy atom. The summed E-state index contributed by atoms with van der Waals surface area (Å²) >= 11 is 1.90. The summed E-state index contributed by atoms with van der Waals surface area (Å²) in [5, 5.41) is 0. The molecule has 1 saturated heterocycles. The van der Waals surface area contributed by atoms with Gasteiger partial charge in [0.2, 0.25) is 5.91 Å². The molecule has 1 aromatic rings. The number of thioether (sulfide) groups is 1. The smallest absolute Gasteiger partial charge is 0.227 e. The fourth-order valence-corrected chi connectivity index (χ4v) is 3.84. The van der Waals surface area contributed by atoms with Crippen molar-refractivity contribution in [2.75, 3.05) is 17.2 Å². The van der Waals surface area contributed by atoms with Gasteiger partial charge in [-0.15, -0.1) is 0 Å². The maximum Gasteiger partial charge on any atom is 0.227 e. The highest BCUT2D eigenvalue weighted by Crippen LogP contribution is 2.33. The number of anilines is 1. The van der Waals surface area contributed by atoms with Crippen LogP contribution in [0.2, 0.25) is 0 Å². The number of nitrogens with two attached hydrogens (primary N) is 1. The molecule has 1 atom stereocenters. The summed E-state index contributed by atoms with van der Waals surface area (Å²) in [7, 11) is 0. The topological polar surface area (TPSA) is 46.3 Å². The third-order valence-electron chi connectivity index (χ3n) is 3.85. The summed E-state index contributed by atoms with van der Waals surface area (Å²) in [4.78, 5) is 14.7. The molecule has 3 rings (SSSR count). The van der Waals surface area contributed by atoms with Crippen molar-refractivity contribution < 1.29 is 4.79 Å². The zero-order valence-electron chi connectivity index (χ0n) is 11.0. The van der Waals surface area contributed by atoms with Gasteiger partial charge in [0.15, 0.2) is 0 Å². The molecule has 1 heterocycles. The number of nitrogen functional groups attached to an aromatic ring is 1. The quantitative estimate of drug-likeness (QED) is 0.860. The molecule has 0 radical (unpaired) electrons.